The van der Waals surface area contributed by atoms with Crippen molar-refractivity contribution in [2.75, 3.05) is 42.0 Å². The largest absolute Gasteiger partial charge is 0.493 e. The lowest BCUT2D eigenvalue weighted by atomic mass is 9.84. The summed E-state index contributed by atoms with van der Waals surface area (Å²) in [5.74, 6) is 3.40. The molecule has 3 aliphatic rings. The number of hydrogen-bond donors (Lipinski definition) is 0. The van der Waals surface area contributed by atoms with Gasteiger partial charge in [-0.15, -0.1) is 0 Å². The predicted molar refractivity (Wildman–Crippen MR) is 100 cm³/mol. The summed E-state index contributed by atoms with van der Waals surface area (Å²) in [5.41, 5.74) is 5.26. The maximum atomic E-state index is 5.56. The second-order valence-electron chi connectivity index (χ2n) is 6.95. The fraction of sp³-hybridized carbons (Fsp3) is 0.429. The number of methoxy groups -OCH3 is 4. The van der Waals surface area contributed by atoms with Crippen molar-refractivity contribution < 1.29 is 18.9 Å². The molecule has 0 aromatic heterocycles. The van der Waals surface area contributed by atoms with Crippen LogP contribution in [0.2, 0.25) is 0 Å². The lowest BCUT2D eigenvalue weighted by Gasteiger charge is -2.36. The Morgan fingerprint density at radius 2 is 1.23 bits per heavy atom. The van der Waals surface area contributed by atoms with Crippen molar-refractivity contribution in [1.82, 2.24) is 4.90 Å². The van der Waals surface area contributed by atoms with Gasteiger partial charge in [0.1, 0.15) is 0 Å². The fourth-order valence-electron chi connectivity index (χ4n) is 4.43. The molecule has 1 aliphatic carbocycles. The summed E-state index contributed by atoms with van der Waals surface area (Å²) in [7, 11) is 8.94. The molecule has 26 heavy (non-hydrogen) atoms. The van der Waals surface area contributed by atoms with Gasteiger partial charge in [-0.25, -0.2) is 0 Å². The van der Waals surface area contributed by atoms with Crippen molar-refractivity contribution >= 4 is 0 Å². The van der Waals surface area contributed by atoms with E-state index in [1.807, 2.05) is 0 Å². The number of rotatable bonds is 4. The monoisotopic (exact) mass is 355 g/mol. The van der Waals surface area contributed by atoms with Gasteiger partial charge in [0.15, 0.2) is 23.0 Å². The second kappa shape index (κ2) is 6.40. The maximum absolute atomic E-state index is 5.56. The van der Waals surface area contributed by atoms with Crippen LogP contribution in [0.5, 0.6) is 23.0 Å². The molecule has 2 aromatic carbocycles. The zero-order valence-electron chi connectivity index (χ0n) is 16.0. The first kappa shape index (κ1) is 17.0. The Morgan fingerprint density at radius 3 is 1.81 bits per heavy atom. The highest BCUT2D eigenvalue weighted by molar-refractivity contribution is 5.59. The Kier molecular flexibility index (Phi) is 4.19. The van der Waals surface area contributed by atoms with E-state index in [1.54, 1.807) is 28.4 Å². The molecule has 0 amide bonds. The van der Waals surface area contributed by atoms with Crippen LogP contribution in [0, 0.1) is 0 Å². The van der Waals surface area contributed by atoms with E-state index in [-0.39, 0.29) is 5.92 Å². The van der Waals surface area contributed by atoms with Crippen molar-refractivity contribution in [2.45, 2.75) is 18.4 Å². The number of benzene rings is 2. The van der Waals surface area contributed by atoms with Gasteiger partial charge in [-0.2, -0.15) is 0 Å². The summed E-state index contributed by atoms with van der Waals surface area (Å²) in [6.45, 7) is 0.968. The molecule has 2 aliphatic heterocycles. The summed E-state index contributed by atoms with van der Waals surface area (Å²) in [5, 5.41) is 0. The molecule has 5 rings (SSSR count). The van der Waals surface area contributed by atoms with Gasteiger partial charge in [-0.05, 0) is 60.0 Å². The van der Waals surface area contributed by atoms with E-state index in [4.69, 9.17) is 18.9 Å². The maximum Gasteiger partial charge on any atom is 0.161 e. The highest BCUT2D eigenvalue weighted by Crippen LogP contribution is 2.50. The molecule has 2 aromatic rings. The molecular weight excluding hydrogens is 330 g/mol. The third-order valence-electron chi connectivity index (χ3n) is 5.76. The summed E-state index contributed by atoms with van der Waals surface area (Å²) in [6.07, 6.45) is 0.936. The highest BCUT2D eigenvalue weighted by atomic mass is 16.5. The van der Waals surface area contributed by atoms with E-state index in [2.05, 4.69) is 36.2 Å². The molecule has 0 unspecified atom stereocenters. The third-order valence-corrected chi connectivity index (χ3v) is 5.76. The Balaban J connectivity index is 1.94. The van der Waals surface area contributed by atoms with Crippen molar-refractivity contribution in [1.29, 1.82) is 0 Å². The van der Waals surface area contributed by atoms with Crippen LogP contribution in [-0.2, 0) is 6.42 Å². The van der Waals surface area contributed by atoms with Gasteiger partial charge in [-0.1, -0.05) is 0 Å². The molecule has 0 spiro atoms. The predicted octanol–water partition coefficient (Wildman–Crippen LogP) is 3.40. The minimum Gasteiger partial charge on any atom is -0.493 e. The molecular formula is C21H25NO4. The zero-order chi connectivity index (χ0) is 18.4. The summed E-state index contributed by atoms with van der Waals surface area (Å²) < 4.78 is 22.2. The average Bonchev–Trinajstić information content (AvgIpc) is 2.89. The normalized spacial score (nSPS) is 20.8. The standard InChI is InChI=1S/C21H25NO4/c1-22-11-16-13-8-19(24-3)18(23-2)7-12(13)6-17(22)15-10-21(26-5)20(25-4)9-14(15)16/h7-10,16-17H,6,11H2,1-5H3/t16-,17-/m0/s1. The lowest BCUT2D eigenvalue weighted by Crippen LogP contribution is -2.33. The highest BCUT2D eigenvalue weighted by Gasteiger charge is 2.38. The summed E-state index contributed by atoms with van der Waals surface area (Å²) in [4.78, 5) is 2.43. The molecule has 2 atom stereocenters. The van der Waals surface area contributed by atoms with Gasteiger partial charge in [0.05, 0.1) is 28.4 Å². The zero-order valence-corrected chi connectivity index (χ0v) is 16.0. The van der Waals surface area contributed by atoms with Crippen LogP contribution in [0.1, 0.15) is 34.2 Å². The topological polar surface area (TPSA) is 40.2 Å². The Morgan fingerprint density at radius 1 is 0.731 bits per heavy atom. The van der Waals surface area contributed by atoms with Crippen molar-refractivity contribution in [3.63, 3.8) is 0 Å². The van der Waals surface area contributed by atoms with Gasteiger partial charge in [-0.3, -0.25) is 4.90 Å². The number of nitrogens with zero attached hydrogens (tertiary/aromatic N) is 1. The van der Waals surface area contributed by atoms with Crippen LogP contribution in [-0.4, -0.2) is 46.9 Å². The Bertz CT molecular complexity index is 848. The van der Waals surface area contributed by atoms with Crippen LogP contribution in [0.25, 0.3) is 0 Å². The molecule has 0 fully saturated rings. The van der Waals surface area contributed by atoms with Gasteiger partial charge in [0.25, 0.3) is 0 Å². The molecule has 5 nitrogen and oxygen atoms in total. The van der Waals surface area contributed by atoms with Crippen LogP contribution in [0.4, 0.5) is 0 Å². The SMILES string of the molecule is COc1cc2c(cc1OC)[C@@H]1CN(C)[C@@H](C2)c2cc(OC)c(OC)cc21. The molecule has 138 valence electrons. The molecule has 0 saturated heterocycles. The van der Waals surface area contributed by atoms with E-state index in [9.17, 15) is 0 Å². The first-order valence-electron chi connectivity index (χ1n) is 8.82. The Labute approximate surface area is 154 Å². The number of likely N-dealkylation sites (N-methyl/N-ethyl adjacent to an activating group) is 1. The molecule has 0 saturated carbocycles. The first-order chi connectivity index (χ1) is 12.6. The van der Waals surface area contributed by atoms with Crippen LogP contribution in [0.3, 0.4) is 0 Å². The van der Waals surface area contributed by atoms with Gasteiger partial charge < -0.3 is 18.9 Å². The lowest BCUT2D eigenvalue weighted by molar-refractivity contribution is 0.225. The molecule has 0 radical (unpaired) electrons. The second-order valence-corrected chi connectivity index (χ2v) is 6.95. The van der Waals surface area contributed by atoms with Crippen molar-refractivity contribution in [2.24, 2.45) is 0 Å². The van der Waals surface area contributed by atoms with Gasteiger partial charge >= 0.3 is 0 Å². The van der Waals surface area contributed by atoms with E-state index in [0.29, 0.717) is 6.04 Å². The first-order valence-corrected chi connectivity index (χ1v) is 8.82. The Hall–Kier alpha value is -2.40. The van der Waals surface area contributed by atoms with E-state index in [1.165, 1.54) is 22.3 Å². The number of hydrogen-bond acceptors (Lipinski definition) is 5. The smallest absolute Gasteiger partial charge is 0.161 e. The van der Waals surface area contributed by atoms with Crippen molar-refractivity contribution in [3.05, 3.63) is 46.5 Å². The molecule has 5 heteroatoms. The minimum absolute atomic E-state index is 0.267. The van der Waals surface area contributed by atoms with Gasteiger partial charge in [0, 0.05) is 18.5 Å². The van der Waals surface area contributed by atoms with Crippen LogP contribution < -0.4 is 18.9 Å². The molecule has 2 heterocycles. The quantitative estimate of drug-likeness (QED) is 0.841. The van der Waals surface area contributed by atoms with E-state index < -0.39 is 0 Å². The minimum atomic E-state index is 0.267. The average molecular weight is 355 g/mol. The van der Waals surface area contributed by atoms with Gasteiger partial charge in [0.2, 0.25) is 0 Å². The van der Waals surface area contributed by atoms with Crippen LogP contribution in [0.15, 0.2) is 24.3 Å². The summed E-state index contributed by atoms with van der Waals surface area (Å²) in [6, 6.07) is 8.86. The number of fused-ring (bicyclic) bond motifs is 1. The number of ether oxygens (including phenoxy) is 4. The summed E-state index contributed by atoms with van der Waals surface area (Å²) >= 11 is 0. The van der Waals surface area contributed by atoms with E-state index in [0.717, 1.165) is 36.0 Å². The van der Waals surface area contributed by atoms with E-state index >= 15 is 0 Å². The third kappa shape index (κ3) is 2.42. The fourth-order valence-corrected chi connectivity index (χ4v) is 4.43. The molecule has 2 bridgehead atoms. The van der Waals surface area contributed by atoms with Crippen molar-refractivity contribution in [3.8, 4) is 23.0 Å². The molecule has 0 N–H and O–H groups in total. The van der Waals surface area contributed by atoms with Crippen LogP contribution >= 0.6 is 0 Å².